The third-order valence-electron chi connectivity index (χ3n) is 3.80. The Kier molecular flexibility index (Phi) is 5.59. The molecule has 0 amide bonds. The Labute approximate surface area is 130 Å². The summed E-state index contributed by atoms with van der Waals surface area (Å²) in [6.45, 7) is 3.89. The van der Waals surface area contributed by atoms with Gasteiger partial charge >= 0.3 is 0 Å². The first-order valence-electron chi connectivity index (χ1n) is 7.19. The molecular weight excluding hydrogens is 290 g/mol. The van der Waals surface area contributed by atoms with Crippen LogP contribution >= 0.6 is 12.4 Å². The summed E-state index contributed by atoms with van der Waals surface area (Å²) in [7, 11) is 0. The molecule has 1 saturated heterocycles. The van der Waals surface area contributed by atoms with Crippen LogP contribution in [0.3, 0.4) is 0 Å². The summed E-state index contributed by atoms with van der Waals surface area (Å²) in [4.78, 5) is 2.42. The van der Waals surface area contributed by atoms with Gasteiger partial charge < -0.3 is 9.63 Å². The average molecular weight is 310 g/mol. The molecule has 1 aliphatic rings. The lowest BCUT2D eigenvalue weighted by atomic mass is 10.1. The van der Waals surface area contributed by atoms with Crippen LogP contribution in [0.5, 0.6) is 5.95 Å². The van der Waals surface area contributed by atoms with Crippen LogP contribution in [0.15, 0.2) is 34.9 Å². The second-order valence-electron chi connectivity index (χ2n) is 5.20. The summed E-state index contributed by atoms with van der Waals surface area (Å²) in [6.07, 6.45) is 3.86. The first-order valence-corrected chi connectivity index (χ1v) is 7.19. The van der Waals surface area contributed by atoms with Crippen LogP contribution in [-0.2, 0) is 6.54 Å². The predicted octanol–water partition coefficient (Wildman–Crippen LogP) is 1.61. The zero-order valence-corrected chi connectivity index (χ0v) is 12.7. The van der Waals surface area contributed by atoms with Crippen LogP contribution < -0.4 is 9.79 Å². The summed E-state index contributed by atoms with van der Waals surface area (Å²) in [5.41, 5.74) is 1.40. The maximum absolute atomic E-state index is 11.8. The van der Waals surface area contributed by atoms with Crippen LogP contribution in [0, 0.1) is 0 Å². The van der Waals surface area contributed by atoms with E-state index in [1.54, 1.807) is 4.68 Å². The van der Waals surface area contributed by atoms with E-state index in [0.29, 0.717) is 12.2 Å². The lowest BCUT2D eigenvalue weighted by Crippen LogP contribution is -2.44. The van der Waals surface area contributed by atoms with Crippen molar-refractivity contribution in [1.29, 1.82) is 0 Å². The van der Waals surface area contributed by atoms with E-state index in [9.17, 15) is 5.11 Å². The number of aromatic nitrogens is 2. The van der Waals surface area contributed by atoms with Gasteiger partial charge in [-0.2, -0.15) is 0 Å². The van der Waals surface area contributed by atoms with E-state index in [4.69, 9.17) is 4.52 Å². The summed E-state index contributed by atoms with van der Waals surface area (Å²) in [5, 5.41) is 15.7. The highest BCUT2D eigenvalue weighted by molar-refractivity contribution is 5.85. The Balaban J connectivity index is 0.00000161. The van der Waals surface area contributed by atoms with Crippen LogP contribution in [0.2, 0.25) is 0 Å². The van der Waals surface area contributed by atoms with Crippen LogP contribution in [0.4, 0.5) is 0 Å². The average Bonchev–Trinajstić information content (AvgIpc) is 2.88. The third-order valence-corrected chi connectivity index (χ3v) is 3.80. The van der Waals surface area contributed by atoms with Crippen molar-refractivity contribution in [2.75, 3.05) is 19.6 Å². The van der Waals surface area contributed by atoms with E-state index >= 15 is 0 Å². The van der Waals surface area contributed by atoms with Gasteiger partial charge in [0.1, 0.15) is 0 Å². The normalized spacial score (nSPS) is 15.6. The maximum Gasteiger partial charge on any atom is 0.264 e. The van der Waals surface area contributed by atoms with Gasteiger partial charge in [0.25, 0.3) is 5.69 Å². The van der Waals surface area contributed by atoms with Gasteiger partial charge in [-0.1, -0.05) is 29.3 Å². The zero-order chi connectivity index (χ0) is 13.8. The van der Waals surface area contributed by atoms with Crippen molar-refractivity contribution in [2.45, 2.75) is 25.8 Å². The van der Waals surface area contributed by atoms with Gasteiger partial charge in [-0.05, 0) is 38.1 Å². The van der Waals surface area contributed by atoms with Gasteiger partial charge in [-0.3, -0.25) is 4.90 Å². The quantitative estimate of drug-likeness (QED) is 0.805. The smallest absolute Gasteiger partial charge is 0.264 e. The first-order chi connectivity index (χ1) is 9.84. The topological polar surface area (TPSA) is 56.2 Å². The standard InChI is InChI=1S/C15H19N3O2.ClH/c19-15-14(13-7-3-1-4-8-13)18(16-20-15)12-11-17-9-5-2-6-10-17;/h1,3-4,7-8H,2,5-6,9-12H2;1H. The Morgan fingerprint density at radius 3 is 2.57 bits per heavy atom. The van der Waals surface area contributed by atoms with Gasteiger partial charge in [0.15, 0.2) is 12.5 Å². The van der Waals surface area contributed by atoms with E-state index in [1.807, 2.05) is 30.3 Å². The van der Waals surface area contributed by atoms with E-state index in [-0.39, 0.29) is 18.4 Å². The SMILES string of the molecule is Cl.[O-]c1on[n+](CCN2CCCCC2)c1-c1ccccc1. The number of likely N-dealkylation sites (tertiary alicyclic amines) is 1. The van der Waals surface area contributed by atoms with Gasteiger partial charge in [-0.15, -0.1) is 12.4 Å². The zero-order valence-electron chi connectivity index (χ0n) is 11.9. The van der Waals surface area contributed by atoms with Crippen LogP contribution in [-0.4, -0.2) is 29.8 Å². The highest BCUT2D eigenvalue weighted by Crippen LogP contribution is 2.22. The molecule has 1 fully saturated rings. The van der Waals surface area contributed by atoms with Crippen molar-refractivity contribution in [3.63, 3.8) is 0 Å². The minimum atomic E-state index is -0.366. The number of rotatable bonds is 4. The van der Waals surface area contributed by atoms with E-state index < -0.39 is 0 Å². The number of halogens is 1. The molecule has 1 aromatic carbocycles. The minimum Gasteiger partial charge on any atom is -0.539 e. The third kappa shape index (κ3) is 3.74. The molecule has 0 saturated carbocycles. The fraction of sp³-hybridized carbons (Fsp3) is 0.467. The highest BCUT2D eigenvalue weighted by Gasteiger charge is 2.20. The Morgan fingerprint density at radius 1 is 1.14 bits per heavy atom. The molecule has 114 valence electrons. The molecule has 2 heterocycles. The first kappa shape index (κ1) is 15.8. The molecule has 0 radical (unpaired) electrons. The molecule has 0 bridgehead atoms. The van der Waals surface area contributed by atoms with Crippen molar-refractivity contribution >= 4 is 12.4 Å². The number of hydrogen-bond donors (Lipinski definition) is 0. The molecule has 3 rings (SSSR count). The molecule has 2 aromatic rings. The molecule has 0 atom stereocenters. The molecule has 0 N–H and O–H groups in total. The highest BCUT2D eigenvalue weighted by atomic mass is 35.5. The molecule has 21 heavy (non-hydrogen) atoms. The molecule has 6 heteroatoms. The van der Waals surface area contributed by atoms with Gasteiger partial charge in [0.2, 0.25) is 0 Å². The maximum atomic E-state index is 11.8. The van der Waals surface area contributed by atoms with Gasteiger partial charge in [0, 0.05) is 0 Å². The predicted molar refractivity (Wildman–Crippen MR) is 79.1 cm³/mol. The van der Waals surface area contributed by atoms with E-state index in [0.717, 1.165) is 25.2 Å². The Bertz CT molecular complexity index is 553. The summed E-state index contributed by atoms with van der Waals surface area (Å²) >= 11 is 0. The Hall–Kier alpha value is -1.59. The second kappa shape index (κ2) is 7.43. The Morgan fingerprint density at radius 2 is 1.86 bits per heavy atom. The number of hydrogen-bond acceptors (Lipinski definition) is 4. The monoisotopic (exact) mass is 309 g/mol. The molecule has 0 aliphatic carbocycles. The largest absolute Gasteiger partial charge is 0.539 e. The summed E-state index contributed by atoms with van der Waals surface area (Å²) in [6, 6.07) is 9.57. The van der Waals surface area contributed by atoms with Crippen molar-refractivity contribution < 1.29 is 14.3 Å². The number of piperidine rings is 1. The number of benzene rings is 1. The molecule has 0 unspecified atom stereocenters. The van der Waals surface area contributed by atoms with Crippen molar-refractivity contribution in [3.8, 4) is 17.2 Å². The fourth-order valence-corrected chi connectivity index (χ4v) is 2.71. The van der Waals surface area contributed by atoms with Crippen LogP contribution in [0.25, 0.3) is 11.3 Å². The minimum absolute atomic E-state index is 0. The molecule has 1 aliphatic heterocycles. The lowest BCUT2D eigenvalue weighted by molar-refractivity contribution is -0.752. The molecule has 0 spiro atoms. The van der Waals surface area contributed by atoms with Crippen molar-refractivity contribution in [1.82, 2.24) is 10.2 Å². The second-order valence-corrected chi connectivity index (χ2v) is 5.20. The summed E-state index contributed by atoms with van der Waals surface area (Å²) < 4.78 is 6.52. The van der Waals surface area contributed by atoms with Crippen LogP contribution in [0.1, 0.15) is 19.3 Å². The molecule has 1 aromatic heterocycles. The molecule has 5 nitrogen and oxygen atoms in total. The molecular formula is C15H20ClN3O2. The van der Waals surface area contributed by atoms with Gasteiger partial charge in [-0.25, -0.2) is 0 Å². The number of nitrogens with zero attached hydrogens (tertiary/aromatic N) is 3. The summed E-state index contributed by atoms with van der Waals surface area (Å²) in [5.74, 6) is -0.366. The van der Waals surface area contributed by atoms with E-state index in [2.05, 4.69) is 10.2 Å². The van der Waals surface area contributed by atoms with E-state index in [1.165, 1.54) is 19.3 Å². The van der Waals surface area contributed by atoms with Crippen molar-refractivity contribution in [2.24, 2.45) is 0 Å². The lowest BCUT2D eigenvalue weighted by Gasteiger charge is -2.24. The fourth-order valence-electron chi connectivity index (χ4n) is 2.71. The van der Waals surface area contributed by atoms with Gasteiger partial charge in [0.05, 0.1) is 17.4 Å². The van der Waals surface area contributed by atoms with Crippen molar-refractivity contribution in [3.05, 3.63) is 30.3 Å².